The molecule has 0 rings (SSSR count). The molecule has 0 saturated heterocycles. The zero-order valence-electron chi connectivity index (χ0n) is 29.9. The number of alkyl halides is 1. The molecule has 1 unspecified atom stereocenters. The molecule has 0 aliphatic heterocycles. The van der Waals surface area contributed by atoms with E-state index >= 15 is 0 Å². The van der Waals surface area contributed by atoms with Crippen LogP contribution in [0, 0.1) is 0 Å². The van der Waals surface area contributed by atoms with Crippen molar-refractivity contribution in [1.29, 1.82) is 0 Å². The van der Waals surface area contributed by atoms with Crippen LogP contribution in [0.3, 0.4) is 0 Å². The minimum absolute atomic E-state index is 0.0501. The van der Waals surface area contributed by atoms with E-state index in [-0.39, 0.29) is 31.8 Å². The van der Waals surface area contributed by atoms with Crippen molar-refractivity contribution in [3.8, 4) is 0 Å². The minimum atomic E-state index is -3.81. The highest BCUT2D eigenvalue weighted by atomic mass is 79.9. The molecule has 0 heterocycles. The summed E-state index contributed by atoms with van der Waals surface area (Å²) in [5.74, 6) is -0.731. The Morgan fingerprint density at radius 3 is 1.28 bits per heavy atom. The monoisotopic (exact) mass is 738 g/mol. The first kappa shape index (κ1) is 45.6. The SMILES string of the molecule is CCCCCCCCCCCCCCCC(=O)OC[C@@H](COP(=O)(O)CCBr)OC(=O)CCCCCCCCCCCCCCC. The molecule has 0 spiro atoms. The second-order valence-corrected chi connectivity index (χ2v) is 15.9. The second-order valence-electron chi connectivity index (χ2n) is 13.1. The number of ether oxygens (including phenoxy) is 2. The average molecular weight is 740 g/mol. The highest BCUT2D eigenvalue weighted by molar-refractivity contribution is 9.09. The summed E-state index contributed by atoms with van der Waals surface area (Å²) in [6.45, 7) is 4.05. The average Bonchev–Trinajstić information content (AvgIpc) is 3.03. The Bertz CT molecular complexity index is 737. The fourth-order valence-corrected chi connectivity index (χ4v) is 7.65. The van der Waals surface area contributed by atoms with Gasteiger partial charge in [-0.1, -0.05) is 184 Å². The lowest BCUT2D eigenvalue weighted by Gasteiger charge is -2.20. The quantitative estimate of drug-likeness (QED) is 0.0295. The Kier molecular flexibility index (Phi) is 34.1. The normalized spacial score (nSPS) is 13.4. The third-order valence-corrected chi connectivity index (χ3v) is 10.9. The van der Waals surface area contributed by atoms with Gasteiger partial charge in [0.25, 0.3) is 0 Å². The number of hydrogen-bond donors (Lipinski definition) is 1. The van der Waals surface area contributed by atoms with Gasteiger partial charge in [0.05, 0.1) is 12.8 Å². The summed E-state index contributed by atoms with van der Waals surface area (Å²) in [4.78, 5) is 34.8. The van der Waals surface area contributed by atoms with Crippen LogP contribution >= 0.6 is 23.5 Å². The highest BCUT2D eigenvalue weighted by Gasteiger charge is 2.24. The van der Waals surface area contributed by atoms with E-state index in [0.29, 0.717) is 11.8 Å². The van der Waals surface area contributed by atoms with Crippen molar-refractivity contribution in [2.24, 2.45) is 0 Å². The third-order valence-electron chi connectivity index (χ3n) is 8.53. The maximum atomic E-state index is 12.5. The van der Waals surface area contributed by atoms with E-state index < -0.39 is 19.7 Å². The minimum Gasteiger partial charge on any atom is -0.462 e. The van der Waals surface area contributed by atoms with Crippen molar-refractivity contribution in [2.45, 2.75) is 200 Å². The fourth-order valence-electron chi connectivity index (χ4n) is 5.56. The van der Waals surface area contributed by atoms with E-state index in [1.807, 2.05) is 0 Å². The van der Waals surface area contributed by atoms with Crippen LogP contribution in [0.5, 0.6) is 0 Å². The first-order valence-electron chi connectivity index (χ1n) is 19.2. The zero-order chi connectivity index (χ0) is 34.0. The highest BCUT2D eigenvalue weighted by Crippen LogP contribution is 2.42. The van der Waals surface area contributed by atoms with Gasteiger partial charge in [0.2, 0.25) is 0 Å². The summed E-state index contributed by atoms with van der Waals surface area (Å²) in [5, 5.41) is 0.318. The molecular weight excluding hydrogens is 667 g/mol. The molecule has 0 aliphatic carbocycles. The first-order valence-corrected chi connectivity index (χ1v) is 22.1. The Morgan fingerprint density at radius 2 is 0.913 bits per heavy atom. The Labute approximate surface area is 292 Å². The van der Waals surface area contributed by atoms with Gasteiger partial charge in [-0.3, -0.25) is 14.2 Å². The van der Waals surface area contributed by atoms with Gasteiger partial charge in [-0.2, -0.15) is 0 Å². The van der Waals surface area contributed by atoms with Crippen LogP contribution in [0.4, 0.5) is 0 Å². The van der Waals surface area contributed by atoms with E-state index in [9.17, 15) is 19.0 Å². The number of unbranched alkanes of at least 4 members (excludes halogenated alkanes) is 24. The third kappa shape index (κ3) is 33.5. The lowest BCUT2D eigenvalue weighted by molar-refractivity contribution is -0.161. The number of halogens is 1. The zero-order valence-corrected chi connectivity index (χ0v) is 32.4. The van der Waals surface area contributed by atoms with E-state index in [0.717, 1.165) is 38.5 Å². The Balaban J connectivity index is 4.11. The predicted octanol–water partition coefficient (Wildman–Crippen LogP) is 12.0. The molecule has 0 radical (unpaired) electrons. The molecule has 2 atom stereocenters. The Hall–Kier alpha value is -0.430. The summed E-state index contributed by atoms with van der Waals surface area (Å²) in [6, 6.07) is 0. The van der Waals surface area contributed by atoms with Crippen LogP contribution in [0.2, 0.25) is 0 Å². The van der Waals surface area contributed by atoms with Gasteiger partial charge in [-0.15, -0.1) is 0 Å². The maximum absolute atomic E-state index is 12.5. The van der Waals surface area contributed by atoms with Crippen LogP contribution in [-0.2, 0) is 28.2 Å². The van der Waals surface area contributed by atoms with Crippen molar-refractivity contribution in [3.63, 3.8) is 0 Å². The number of carbonyl (C=O) groups excluding carboxylic acids is 2. The number of esters is 2. The second kappa shape index (κ2) is 34.4. The molecule has 1 N–H and O–H groups in total. The van der Waals surface area contributed by atoms with Gasteiger partial charge in [0, 0.05) is 18.2 Å². The summed E-state index contributed by atoms with van der Waals surface area (Å²) >= 11 is 3.15. The van der Waals surface area contributed by atoms with Crippen LogP contribution in [-0.4, -0.2) is 47.6 Å². The molecule has 9 heteroatoms. The van der Waals surface area contributed by atoms with Crippen LogP contribution in [0.25, 0.3) is 0 Å². The summed E-state index contributed by atoms with van der Waals surface area (Å²) in [5.41, 5.74) is 0. The summed E-state index contributed by atoms with van der Waals surface area (Å²) in [6.07, 6.45) is 31.7. The molecule has 0 amide bonds. The molecule has 274 valence electrons. The standard InChI is InChI=1S/C37H72BrO7P/c1-3-5-7-9-11-13-15-17-19-21-23-25-27-29-36(39)43-33-35(34-44-46(41,42)32-31-38)45-37(40)30-28-26-24-22-20-18-16-14-12-10-8-6-4-2/h35H,3-34H2,1-2H3,(H,41,42)/t35-/m0/s1. The summed E-state index contributed by atoms with van der Waals surface area (Å²) < 4.78 is 28.2. The smallest absolute Gasteiger partial charge is 0.329 e. The molecule has 7 nitrogen and oxygen atoms in total. The van der Waals surface area contributed by atoms with Crippen molar-refractivity contribution in [1.82, 2.24) is 0 Å². The maximum Gasteiger partial charge on any atom is 0.329 e. The van der Waals surface area contributed by atoms with Gasteiger partial charge in [0.1, 0.15) is 6.61 Å². The molecule has 0 aromatic carbocycles. The first-order chi connectivity index (χ1) is 22.3. The predicted molar refractivity (Wildman–Crippen MR) is 196 cm³/mol. The molecule has 0 bridgehead atoms. The lowest BCUT2D eigenvalue weighted by Crippen LogP contribution is -2.29. The molecular formula is C37H72BrO7P. The van der Waals surface area contributed by atoms with E-state index in [4.69, 9.17) is 14.0 Å². The molecule has 0 aromatic rings. The van der Waals surface area contributed by atoms with Gasteiger partial charge < -0.3 is 18.9 Å². The largest absolute Gasteiger partial charge is 0.462 e. The Morgan fingerprint density at radius 1 is 0.565 bits per heavy atom. The molecule has 46 heavy (non-hydrogen) atoms. The van der Waals surface area contributed by atoms with Crippen LogP contribution in [0.1, 0.15) is 194 Å². The number of carbonyl (C=O) groups is 2. The summed E-state index contributed by atoms with van der Waals surface area (Å²) in [7, 11) is -3.81. The van der Waals surface area contributed by atoms with E-state index in [1.54, 1.807) is 0 Å². The lowest BCUT2D eigenvalue weighted by atomic mass is 10.0. The van der Waals surface area contributed by atoms with Crippen molar-refractivity contribution >= 4 is 35.5 Å². The topological polar surface area (TPSA) is 99.1 Å². The number of hydrogen-bond acceptors (Lipinski definition) is 6. The van der Waals surface area contributed by atoms with Gasteiger partial charge >= 0.3 is 19.5 Å². The van der Waals surface area contributed by atoms with Gasteiger partial charge in [-0.05, 0) is 12.8 Å². The molecule has 0 saturated carbocycles. The molecule has 0 aromatic heterocycles. The van der Waals surface area contributed by atoms with Crippen molar-refractivity contribution < 1.29 is 33.0 Å². The van der Waals surface area contributed by atoms with Crippen molar-refractivity contribution in [3.05, 3.63) is 0 Å². The van der Waals surface area contributed by atoms with E-state index in [1.165, 1.54) is 128 Å². The molecule has 0 aliphatic rings. The van der Waals surface area contributed by atoms with Crippen LogP contribution in [0.15, 0.2) is 0 Å². The van der Waals surface area contributed by atoms with Gasteiger partial charge in [-0.25, -0.2) is 0 Å². The molecule has 0 fully saturated rings. The van der Waals surface area contributed by atoms with Gasteiger partial charge in [0.15, 0.2) is 6.10 Å². The van der Waals surface area contributed by atoms with Crippen LogP contribution < -0.4 is 0 Å². The van der Waals surface area contributed by atoms with Crippen molar-refractivity contribution in [2.75, 3.05) is 24.7 Å². The number of rotatable bonds is 36. The fraction of sp³-hybridized carbons (Fsp3) is 0.946. The van der Waals surface area contributed by atoms with E-state index in [2.05, 4.69) is 29.8 Å².